The van der Waals surface area contributed by atoms with Crippen molar-refractivity contribution in [3.63, 3.8) is 0 Å². The van der Waals surface area contributed by atoms with Gasteiger partial charge in [-0.05, 0) is 24.0 Å². The summed E-state index contributed by atoms with van der Waals surface area (Å²) in [6.45, 7) is 0. The maximum Gasteiger partial charge on any atom is 0.394 e. The largest absolute Gasteiger partial charge is 0.394 e. The molecule has 8 heteroatoms. The van der Waals surface area contributed by atoms with Crippen molar-refractivity contribution in [2.75, 3.05) is 0 Å². The molecule has 0 heterocycles. The third-order valence-electron chi connectivity index (χ3n) is 2.36. The molecule has 0 saturated heterocycles. The van der Waals surface area contributed by atoms with Gasteiger partial charge < -0.3 is 11.5 Å². The number of benzene rings is 1. The van der Waals surface area contributed by atoms with Crippen LogP contribution in [-0.4, -0.2) is 29.5 Å². The molecule has 7 nitrogen and oxygen atoms in total. The molecule has 6 N–H and O–H groups in total. The van der Waals surface area contributed by atoms with E-state index in [9.17, 15) is 0 Å². The molecule has 2 rings (SSSR count). The lowest BCUT2D eigenvalue weighted by molar-refractivity contribution is 0.381. The molecule has 0 aliphatic heterocycles. The molecule has 1 aromatic carbocycles. The summed E-state index contributed by atoms with van der Waals surface area (Å²) >= 11 is 0. The summed E-state index contributed by atoms with van der Waals surface area (Å²) in [7, 11) is -4.67. The normalized spacial score (nSPS) is 14.3. The molecule has 1 aromatic rings. The minimum Gasteiger partial charge on any atom is -0.370 e. The van der Waals surface area contributed by atoms with E-state index in [0.29, 0.717) is 0 Å². The van der Waals surface area contributed by atoms with Crippen molar-refractivity contribution in [1.82, 2.24) is 0 Å². The maximum absolute atomic E-state index is 8.74. The third-order valence-corrected chi connectivity index (χ3v) is 2.36. The molecule has 1 aliphatic carbocycles. The van der Waals surface area contributed by atoms with Gasteiger partial charge in [0.05, 0.1) is 6.04 Å². The van der Waals surface area contributed by atoms with Gasteiger partial charge in [-0.3, -0.25) is 9.11 Å². The zero-order chi connectivity index (χ0) is 13.8. The fourth-order valence-electron chi connectivity index (χ4n) is 1.84. The summed E-state index contributed by atoms with van der Waals surface area (Å²) in [5, 5.41) is 0. The van der Waals surface area contributed by atoms with E-state index in [2.05, 4.69) is 29.3 Å². The number of hydrogen-bond donors (Lipinski definition) is 4. The fourth-order valence-corrected chi connectivity index (χ4v) is 1.84. The number of nitrogens with two attached hydrogens (primary N) is 2. The standard InChI is InChI=1S/C10H13N3.H2O4S/c11-10(12)13-9-5-7-3-1-2-4-8(7)6-9;1-5(2,3)4/h1-4,9H,5-6H2,(H4,11,12,13);(H2,1,2,3,4). The van der Waals surface area contributed by atoms with Crippen LogP contribution in [0.5, 0.6) is 0 Å². The number of aliphatic imine (C=N–C) groups is 1. The van der Waals surface area contributed by atoms with Crippen molar-refractivity contribution in [1.29, 1.82) is 0 Å². The average Bonchev–Trinajstić information content (AvgIpc) is 2.55. The first-order chi connectivity index (χ1) is 8.25. The zero-order valence-corrected chi connectivity index (χ0v) is 10.3. The van der Waals surface area contributed by atoms with E-state index in [-0.39, 0.29) is 12.0 Å². The Kier molecular flexibility index (Phi) is 4.65. The van der Waals surface area contributed by atoms with E-state index in [1.807, 2.05) is 0 Å². The van der Waals surface area contributed by atoms with Crippen molar-refractivity contribution in [3.8, 4) is 0 Å². The van der Waals surface area contributed by atoms with E-state index < -0.39 is 10.4 Å². The van der Waals surface area contributed by atoms with E-state index in [4.69, 9.17) is 29.0 Å². The van der Waals surface area contributed by atoms with Crippen LogP contribution in [-0.2, 0) is 23.2 Å². The quantitative estimate of drug-likeness (QED) is 0.317. The first-order valence-electron chi connectivity index (χ1n) is 5.11. The molecule has 1 aliphatic rings. The lowest BCUT2D eigenvalue weighted by Crippen LogP contribution is -2.25. The Bertz CT molecular complexity index is 505. The number of rotatable bonds is 1. The predicted octanol–water partition coefficient (Wildman–Crippen LogP) is -0.226. The summed E-state index contributed by atoms with van der Waals surface area (Å²) in [4.78, 5) is 4.16. The SMILES string of the molecule is NC(N)=NC1Cc2ccccc2C1.O=S(=O)(O)O. The van der Waals surface area contributed by atoms with Crippen LogP contribution in [0.15, 0.2) is 29.3 Å². The molecule has 0 aromatic heterocycles. The highest BCUT2D eigenvalue weighted by atomic mass is 32.3. The molecule has 100 valence electrons. The Labute approximate surface area is 105 Å². The number of hydrogen-bond acceptors (Lipinski definition) is 3. The molecule has 0 fully saturated rings. The molecule has 0 unspecified atom stereocenters. The topological polar surface area (TPSA) is 139 Å². The van der Waals surface area contributed by atoms with Crippen molar-refractivity contribution < 1.29 is 17.5 Å². The van der Waals surface area contributed by atoms with Crippen LogP contribution in [0.25, 0.3) is 0 Å². The number of guanidine groups is 1. The van der Waals surface area contributed by atoms with Crippen molar-refractivity contribution in [2.45, 2.75) is 18.9 Å². The second-order valence-corrected chi connectivity index (χ2v) is 4.73. The summed E-state index contributed by atoms with van der Waals surface area (Å²) < 4.78 is 31.6. The molecule has 0 atom stereocenters. The highest BCUT2D eigenvalue weighted by Crippen LogP contribution is 2.23. The Hall–Kier alpha value is -1.64. The number of nitrogens with zero attached hydrogens (tertiary/aromatic N) is 1. The van der Waals surface area contributed by atoms with Crippen molar-refractivity contribution in [2.24, 2.45) is 16.5 Å². The molecule has 0 radical (unpaired) electrons. The van der Waals surface area contributed by atoms with Crippen LogP contribution >= 0.6 is 0 Å². The summed E-state index contributed by atoms with van der Waals surface area (Å²) in [6.07, 6.45) is 1.93. The van der Waals surface area contributed by atoms with Crippen LogP contribution < -0.4 is 11.5 Å². The second-order valence-electron chi connectivity index (χ2n) is 3.83. The van der Waals surface area contributed by atoms with Gasteiger partial charge in [0.2, 0.25) is 0 Å². The highest BCUT2D eigenvalue weighted by molar-refractivity contribution is 7.79. The van der Waals surface area contributed by atoms with E-state index in [0.717, 1.165) is 12.8 Å². The molecular weight excluding hydrogens is 258 g/mol. The summed E-state index contributed by atoms with van der Waals surface area (Å²) in [6, 6.07) is 8.63. The van der Waals surface area contributed by atoms with Crippen LogP contribution in [0.1, 0.15) is 11.1 Å². The fraction of sp³-hybridized carbons (Fsp3) is 0.300. The van der Waals surface area contributed by atoms with E-state index in [1.165, 1.54) is 11.1 Å². The second kappa shape index (κ2) is 5.80. The monoisotopic (exact) mass is 273 g/mol. The molecule has 0 amide bonds. The lowest BCUT2D eigenvalue weighted by atomic mass is 10.1. The van der Waals surface area contributed by atoms with Crippen LogP contribution in [0.2, 0.25) is 0 Å². The molecule has 18 heavy (non-hydrogen) atoms. The van der Waals surface area contributed by atoms with E-state index >= 15 is 0 Å². The highest BCUT2D eigenvalue weighted by Gasteiger charge is 2.19. The third kappa shape index (κ3) is 5.62. The van der Waals surface area contributed by atoms with Gasteiger partial charge in [0, 0.05) is 0 Å². The van der Waals surface area contributed by atoms with Crippen LogP contribution in [0.3, 0.4) is 0 Å². The molecular formula is C10H15N3O4S. The molecule has 0 spiro atoms. The van der Waals surface area contributed by atoms with Crippen molar-refractivity contribution >= 4 is 16.4 Å². The number of fused-ring (bicyclic) bond motifs is 1. The van der Waals surface area contributed by atoms with Gasteiger partial charge in [-0.1, -0.05) is 24.3 Å². The molecule has 0 bridgehead atoms. The Morgan fingerprint density at radius 2 is 1.56 bits per heavy atom. The minimum absolute atomic E-state index is 0.192. The van der Waals surface area contributed by atoms with Gasteiger partial charge in [-0.2, -0.15) is 8.42 Å². The first-order valence-corrected chi connectivity index (χ1v) is 6.51. The zero-order valence-electron chi connectivity index (χ0n) is 9.52. The Morgan fingerprint density at radius 3 is 1.89 bits per heavy atom. The Morgan fingerprint density at radius 1 is 1.17 bits per heavy atom. The lowest BCUT2D eigenvalue weighted by Gasteiger charge is -2.01. The predicted molar refractivity (Wildman–Crippen MR) is 67.6 cm³/mol. The van der Waals surface area contributed by atoms with Crippen molar-refractivity contribution in [3.05, 3.63) is 35.4 Å². The maximum atomic E-state index is 8.74. The average molecular weight is 273 g/mol. The van der Waals surface area contributed by atoms with Gasteiger partial charge in [0.25, 0.3) is 0 Å². The van der Waals surface area contributed by atoms with E-state index in [1.54, 1.807) is 0 Å². The van der Waals surface area contributed by atoms with Gasteiger partial charge in [-0.25, -0.2) is 4.99 Å². The van der Waals surface area contributed by atoms with Gasteiger partial charge in [0.15, 0.2) is 5.96 Å². The smallest absolute Gasteiger partial charge is 0.370 e. The minimum atomic E-state index is -4.67. The first kappa shape index (κ1) is 14.4. The van der Waals surface area contributed by atoms with Crippen LogP contribution in [0, 0.1) is 0 Å². The van der Waals surface area contributed by atoms with Gasteiger partial charge >= 0.3 is 10.4 Å². The molecule has 0 saturated carbocycles. The summed E-state index contributed by atoms with van der Waals surface area (Å²) in [5.74, 6) is 0.192. The van der Waals surface area contributed by atoms with Crippen LogP contribution in [0.4, 0.5) is 0 Å². The van der Waals surface area contributed by atoms with Gasteiger partial charge in [0.1, 0.15) is 0 Å². The summed E-state index contributed by atoms with van der Waals surface area (Å²) in [5.41, 5.74) is 13.4. The van der Waals surface area contributed by atoms with Gasteiger partial charge in [-0.15, -0.1) is 0 Å². The Balaban J connectivity index is 0.000000280.